The molecule has 0 bridgehead atoms. The Morgan fingerprint density at radius 3 is 2.53 bits per heavy atom. The van der Waals surface area contributed by atoms with E-state index in [0.717, 1.165) is 29.3 Å². The molecule has 0 radical (unpaired) electrons. The zero-order valence-electron chi connectivity index (χ0n) is 20.0. The maximum Gasteiger partial charge on any atom is 0.278 e. The summed E-state index contributed by atoms with van der Waals surface area (Å²) in [6.07, 6.45) is 3.26. The van der Waals surface area contributed by atoms with Crippen molar-refractivity contribution in [2.45, 2.75) is 38.9 Å². The molecule has 0 saturated heterocycles. The van der Waals surface area contributed by atoms with Gasteiger partial charge in [-0.3, -0.25) is 14.2 Å². The molecule has 0 aliphatic carbocycles. The summed E-state index contributed by atoms with van der Waals surface area (Å²) < 4.78 is 3.32. The van der Waals surface area contributed by atoms with E-state index in [1.807, 2.05) is 67.6 Å². The molecule has 5 aromatic rings. The second-order valence-electron chi connectivity index (χ2n) is 9.06. The molecule has 182 valence electrons. The number of halogens is 1. The minimum atomic E-state index is -0.207. The van der Waals surface area contributed by atoms with E-state index in [1.54, 1.807) is 21.5 Å². The lowest BCUT2D eigenvalue weighted by molar-refractivity contribution is -0.122. The second-order valence-corrected chi connectivity index (χ2v) is 9.47. The van der Waals surface area contributed by atoms with Crippen LogP contribution in [0.2, 0.25) is 5.02 Å². The quantitative estimate of drug-likeness (QED) is 0.320. The highest BCUT2D eigenvalue weighted by Gasteiger charge is 2.19. The van der Waals surface area contributed by atoms with Gasteiger partial charge in [0.25, 0.3) is 5.56 Å². The maximum absolute atomic E-state index is 13.6. The molecule has 1 amide bonds. The molecule has 2 aromatic heterocycles. The Bertz CT molecular complexity index is 1590. The van der Waals surface area contributed by atoms with Gasteiger partial charge in [-0.2, -0.15) is 0 Å². The fourth-order valence-corrected chi connectivity index (χ4v) is 4.80. The van der Waals surface area contributed by atoms with E-state index in [-0.39, 0.29) is 24.1 Å². The first-order chi connectivity index (χ1) is 17.5. The van der Waals surface area contributed by atoms with Gasteiger partial charge in [0.2, 0.25) is 5.91 Å². The van der Waals surface area contributed by atoms with Crippen LogP contribution in [0.25, 0.3) is 21.9 Å². The summed E-state index contributed by atoms with van der Waals surface area (Å²) in [5.74, 6) is -0.140. The predicted octanol–water partition coefficient (Wildman–Crippen LogP) is 5.19. The topological polar surface area (TPSA) is 68.9 Å². The van der Waals surface area contributed by atoms with Crippen molar-refractivity contribution in [2.24, 2.45) is 0 Å². The van der Waals surface area contributed by atoms with Crippen molar-refractivity contribution >= 4 is 39.4 Å². The molecule has 7 heteroatoms. The fourth-order valence-electron chi connectivity index (χ4n) is 4.60. The lowest BCUT2D eigenvalue weighted by atomic mass is 10.1. The number of nitrogens with one attached hydrogen (secondary N) is 1. The van der Waals surface area contributed by atoms with Gasteiger partial charge in [0.1, 0.15) is 17.6 Å². The van der Waals surface area contributed by atoms with Crippen molar-refractivity contribution < 1.29 is 4.79 Å². The molecule has 6 nitrogen and oxygen atoms in total. The van der Waals surface area contributed by atoms with Gasteiger partial charge in [0, 0.05) is 16.5 Å². The second kappa shape index (κ2) is 10.4. The Kier molecular flexibility index (Phi) is 6.87. The number of fused-ring (bicyclic) bond motifs is 3. The van der Waals surface area contributed by atoms with Crippen LogP contribution in [0.15, 0.2) is 90.0 Å². The van der Waals surface area contributed by atoms with E-state index in [4.69, 9.17) is 11.6 Å². The lowest BCUT2D eigenvalue weighted by Gasteiger charge is -2.15. The smallest absolute Gasteiger partial charge is 0.278 e. The molecule has 0 aliphatic heterocycles. The molecule has 1 atom stereocenters. The summed E-state index contributed by atoms with van der Waals surface area (Å²) >= 11 is 6.33. The fraction of sp³-hybridized carbons (Fsp3) is 0.207. The highest BCUT2D eigenvalue weighted by Crippen LogP contribution is 2.25. The Labute approximate surface area is 214 Å². The normalized spacial score (nSPS) is 12.2. The molecule has 1 N–H and O–H groups in total. The Morgan fingerprint density at radius 1 is 1.00 bits per heavy atom. The number of para-hydroxylation sites is 1. The van der Waals surface area contributed by atoms with Gasteiger partial charge < -0.3 is 9.88 Å². The maximum atomic E-state index is 13.6. The number of hydrogen-bond acceptors (Lipinski definition) is 3. The highest BCUT2D eigenvalue weighted by atomic mass is 35.5. The van der Waals surface area contributed by atoms with Gasteiger partial charge >= 0.3 is 0 Å². The van der Waals surface area contributed by atoms with E-state index >= 15 is 0 Å². The van der Waals surface area contributed by atoms with Crippen LogP contribution in [0.1, 0.15) is 24.5 Å². The number of aryl methyl sites for hydroxylation is 1. The summed E-state index contributed by atoms with van der Waals surface area (Å²) in [7, 11) is 0. The van der Waals surface area contributed by atoms with Crippen molar-refractivity contribution in [1.29, 1.82) is 0 Å². The minimum Gasteiger partial charge on any atom is -0.352 e. The number of rotatable bonds is 8. The van der Waals surface area contributed by atoms with Crippen LogP contribution in [-0.2, 0) is 24.3 Å². The first-order valence-corrected chi connectivity index (χ1v) is 12.4. The largest absolute Gasteiger partial charge is 0.352 e. The van der Waals surface area contributed by atoms with Gasteiger partial charge in [-0.1, -0.05) is 78.3 Å². The zero-order valence-corrected chi connectivity index (χ0v) is 20.8. The summed E-state index contributed by atoms with van der Waals surface area (Å²) in [4.78, 5) is 31.3. The van der Waals surface area contributed by atoms with Crippen molar-refractivity contribution in [1.82, 2.24) is 19.4 Å². The lowest BCUT2D eigenvalue weighted by Crippen LogP contribution is -2.36. The van der Waals surface area contributed by atoms with Crippen LogP contribution in [-0.4, -0.2) is 26.1 Å². The molecule has 0 unspecified atom stereocenters. The average Bonchev–Trinajstić information content (AvgIpc) is 3.20. The number of carbonyl (C=O) groups is 1. The van der Waals surface area contributed by atoms with Crippen molar-refractivity contribution in [2.75, 3.05) is 0 Å². The van der Waals surface area contributed by atoms with Gasteiger partial charge in [-0.05, 0) is 43.0 Å². The van der Waals surface area contributed by atoms with Gasteiger partial charge in [-0.15, -0.1) is 0 Å². The van der Waals surface area contributed by atoms with Crippen LogP contribution in [0.3, 0.4) is 0 Å². The van der Waals surface area contributed by atoms with Crippen molar-refractivity contribution in [3.05, 3.63) is 112 Å². The zero-order chi connectivity index (χ0) is 25.1. The molecular formula is C29H27ClN4O2. The third-order valence-electron chi connectivity index (χ3n) is 6.45. The molecule has 0 spiro atoms. The molecule has 0 saturated carbocycles. The van der Waals surface area contributed by atoms with Gasteiger partial charge in [-0.25, -0.2) is 4.98 Å². The van der Waals surface area contributed by atoms with E-state index in [0.29, 0.717) is 22.6 Å². The summed E-state index contributed by atoms with van der Waals surface area (Å²) in [5.41, 5.74) is 3.68. The number of benzene rings is 3. The van der Waals surface area contributed by atoms with Crippen LogP contribution in [0.5, 0.6) is 0 Å². The van der Waals surface area contributed by atoms with Crippen molar-refractivity contribution in [3.8, 4) is 0 Å². The van der Waals surface area contributed by atoms with E-state index in [2.05, 4.69) is 22.4 Å². The predicted molar refractivity (Wildman–Crippen MR) is 144 cm³/mol. The van der Waals surface area contributed by atoms with Crippen LogP contribution in [0.4, 0.5) is 0 Å². The first kappa shape index (κ1) is 23.8. The van der Waals surface area contributed by atoms with Crippen LogP contribution in [0, 0.1) is 0 Å². The Hall–Kier alpha value is -3.90. The standard InChI is InChI=1S/C29H27ClN4O2/c1-20(15-16-21-9-3-2-4-10-21)32-26(35)18-34-25-14-8-6-12-23(25)27-28(34)29(36)33(19-31-27)17-22-11-5-7-13-24(22)30/h2-14,19-20H,15-18H2,1H3,(H,32,35)/t20-/m1/s1. The molecule has 36 heavy (non-hydrogen) atoms. The average molecular weight is 499 g/mol. The molecule has 5 rings (SSSR count). The van der Waals surface area contributed by atoms with Crippen LogP contribution < -0.4 is 10.9 Å². The minimum absolute atomic E-state index is 0.000743. The molecule has 3 aromatic carbocycles. The van der Waals surface area contributed by atoms with E-state index in [9.17, 15) is 9.59 Å². The summed E-state index contributed by atoms with van der Waals surface area (Å²) in [6, 6.07) is 25.3. The monoisotopic (exact) mass is 498 g/mol. The summed E-state index contributed by atoms with van der Waals surface area (Å²) in [6.45, 7) is 2.34. The van der Waals surface area contributed by atoms with Crippen molar-refractivity contribution in [3.63, 3.8) is 0 Å². The third kappa shape index (κ3) is 4.90. The first-order valence-electron chi connectivity index (χ1n) is 12.0. The Morgan fingerprint density at radius 2 is 1.72 bits per heavy atom. The number of nitrogens with zero attached hydrogens (tertiary/aromatic N) is 3. The number of amides is 1. The van der Waals surface area contributed by atoms with Gasteiger partial charge in [0.15, 0.2) is 0 Å². The summed E-state index contributed by atoms with van der Waals surface area (Å²) in [5, 5.41) is 4.53. The number of hydrogen-bond donors (Lipinski definition) is 1. The molecule has 0 aliphatic rings. The highest BCUT2D eigenvalue weighted by molar-refractivity contribution is 6.31. The van der Waals surface area contributed by atoms with Gasteiger partial charge in [0.05, 0.1) is 18.4 Å². The third-order valence-corrected chi connectivity index (χ3v) is 6.82. The molecular weight excluding hydrogens is 472 g/mol. The molecule has 0 fully saturated rings. The molecule has 2 heterocycles. The Balaban J connectivity index is 1.43. The van der Waals surface area contributed by atoms with E-state index in [1.165, 1.54) is 5.56 Å². The van der Waals surface area contributed by atoms with Crippen LogP contribution >= 0.6 is 11.6 Å². The number of carbonyl (C=O) groups excluding carboxylic acids is 1. The van der Waals surface area contributed by atoms with E-state index < -0.39 is 0 Å². The SMILES string of the molecule is C[C@H](CCc1ccccc1)NC(=O)Cn1c2ccccc2c2ncn(Cc3ccccc3Cl)c(=O)c21. The number of aromatic nitrogens is 3.